The summed E-state index contributed by atoms with van der Waals surface area (Å²) >= 11 is 6.01. The van der Waals surface area contributed by atoms with Crippen LogP contribution in [0.4, 0.5) is 11.4 Å². The molecule has 26 heavy (non-hydrogen) atoms. The number of nitrogens with one attached hydrogen (secondary N) is 1. The number of hydrogen-bond donors (Lipinski definition) is 1. The minimum atomic E-state index is -0.575. The van der Waals surface area contributed by atoms with Crippen LogP contribution in [0, 0.1) is 10.1 Å². The van der Waals surface area contributed by atoms with Gasteiger partial charge in [-0.05, 0) is 31.0 Å². The van der Waals surface area contributed by atoms with E-state index in [2.05, 4.69) is 5.32 Å². The van der Waals surface area contributed by atoms with E-state index in [1.54, 1.807) is 18.2 Å². The molecule has 0 unspecified atom stereocenters. The van der Waals surface area contributed by atoms with E-state index in [9.17, 15) is 14.9 Å². The maximum Gasteiger partial charge on any atom is 0.270 e. The fourth-order valence-corrected chi connectivity index (χ4v) is 3.49. The van der Waals surface area contributed by atoms with E-state index < -0.39 is 16.6 Å². The van der Waals surface area contributed by atoms with Crippen LogP contribution in [0.15, 0.2) is 36.4 Å². The standard InChI is InChI=1S/C18H15ClN2O5/c19-14-5-4-12(21(23)24)10-13(14)17(22)20-11-3-6-15-16(9-11)26-18(25-15)7-1-2-8-18/h3-6,9-10H,1-2,7-8H2,(H,20,22). The Hall–Kier alpha value is -2.80. The van der Waals surface area contributed by atoms with E-state index in [0.717, 1.165) is 31.7 Å². The number of rotatable bonds is 3. The number of ether oxygens (including phenoxy) is 2. The Bertz CT molecular complexity index is 908. The summed E-state index contributed by atoms with van der Waals surface area (Å²) in [5, 5.41) is 13.7. The summed E-state index contributed by atoms with van der Waals surface area (Å²) in [5.74, 6) is 0.121. The molecular formula is C18H15ClN2O5. The lowest BCUT2D eigenvalue weighted by Gasteiger charge is -2.21. The number of carbonyl (C=O) groups is 1. The number of carbonyl (C=O) groups excluding carboxylic acids is 1. The molecule has 1 N–H and O–H groups in total. The second-order valence-corrected chi connectivity index (χ2v) is 6.77. The first-order valence-corrected chi connectivity index (χ1v) is 8.61. The zero-order chi connectivity index (χ0) is 18.3. The fraction of sp³-hybridized carbons (Fsp3) is 0.278. The number of benzene rings is 2. The molecule has 7 nitrogen and oxygen atoms in total. The van der Waals surface area contributed by atoms with Crippen LogP contribution in [0.3, 0.4) is 0 Å². The van der Waals surface area contributed by atoms with Crippen LogP contribution in [0.2, 0.25) is 5.02 Å². The summed E-state index contributed by atoms with van der Waals surface area (Å²) in [5.41, 5.74) is 0.328. The van der Waals surface area contributed by atoms with Gasteiger partial charge in [0.25, 0.3) is 17.4 Å². The van der Waals surface area contributed by atoms with Crippen LogP contribution < -0.4 is 14.8 Å². The SMILES string of the molecule is O=C(Nc1ccc2c(c1)OC1(CCCC1)O2)c1cc([N+](=O)[O-])ccc1Cl. The van der Waals surface area contributed by atoms with Crippen LogP contribution in [-0.2, 0) is 0 Å². The number of non-ortho nitro benzene ring substituents is 1. The first kappa shape index (κ1) is 16.7. The van der Waals surface area contributed by atoms with Crippen LogP contribution in [0.25, 0.3) is 0 Å². The summed E-state index contributed by atoms with van der Waals surface area (Å²) in [4.78, 5) is 22.8. The number of halogens is 1. The molecule has 0 saturated heterocycles. The Morgan fingerprint density at radius 3 is 2.58 bits per heavy atom. The summed E-state index contributed by atoms with van der Waals surface area (Å²) in [6, 6.07) is 8.86. The van der Waals surface area contributed by atoms with Crippen molar-refractivity contribution in [2.75, 3.05) is 5.32 Å². The largest absolute Gasteiger partial charge is 0.448 e. The van der Waals surface area contributed by atoms with Crippen LogP contribution >= 0.6 is 11.6 Å². The Kier molecular flexibility index (Phi) is 3.96. The summed E-state index contributed by atoms with van der Waals surface area (Å²) < 4.78 is 11.9. The maximum absolute atomic E-state index is 12.5. The summed E-state index contributed by atoms with van der Waals surface area (Å²) in [6.07, 6.45) is 3.80. The predicted octanol–water partition coefficient (Wildman–Crippen LogP) is 4.54. The Morgan fingerprint density at radius 2 is 1.85 bits per heavy atom. The van der Waals surface area contributed by atoms with Crippen molar-refractivity contribution in [3.8, 4) is 11.5 Å². The molecule has 1 spiro atoms. The van der Waals surface area contributed by atoms with Gasteiger partial charge in [0.15, 0.2) is 11.5 Å². The van der Waals surface area contributed by atoms with Gasteiger partial charge in [0, 0.05) is 36.7 Å². The summed E-state index contributed by atoms with van der Waals surface area (Å²) in [7, 11) is 0. The normalized spacial score (nSPS) is 16.7. The number of hydrogen-bond acceptors (Lipinski definition) is 5. The molecule has 1 aliphatic carbocycles. The molecule has 8 heteroatoms. The monoisotopic (exact) mass is 374 g/mol. The van der Waals surface area contributed by atoms with Crippen molar-refractivity contribution in [2.24, 2.45) is 0 Å². The molecule has 1 fully saturated rings. The molecule has 134 valence electrons. The van der Waals surface area contributed by atoms with Gasteiger partial charge in [-0.1, -0.05) is 11.6 Å². The van der Waals surface area contributed by atoms with Crippen molar-refractivity contribution in [1.82, 2.24) is 0 Å². The first-order valence-electron chi connectivity index (χ1n) is 8.23. The minimum absolute atomic E-state index is 0.0331. The lowest BCUT2D eigenvalue weighted by molar-refractivity contribution is -0.384. The van der Waals surface area contributed by atoms with Gasteiger partial charge in [-0.3, -0.25) is 14.9 Å². The predicted molar refractivity (Wildman–Crippen MR) is 95.0 cm³/mol. The topological polar surface area (TPSA) is 90.7 Å². The molecule has 0 aromatic heterocycles. The van der Waals surface area contributed by atoms with E-state index in [1.807, 2.05) is 0 Å². The van der Waals surface area contributed by atoms with Gasteiger partial charge >= 0.3 is 0 Å². The van der Waals surface area contributed by atoms with Crippen LogP contribution in [-0.4, -0.2) is 16.6 Å². The Balaban J connectivity index is 1.55. The van der Waals surface area contributed by atoms with Crippen LogP contribution in [0.1, 0.15) is 36.0 Å². The zero-order valence-corrected chi connectivity index (χ0v) is 14.4. The van der Waals surface area contributed by atoms with Gasteiger partial charge in [0.05, 0.1) is 15.5 Å². The van der Waals surface area contributed by atoms with E-state index in [-0.39, 0.29) is 16.3 Å². The summed E-state index contributed by atoms with van der Waals surface area (Å²) in [6.45, 7) is 0. The molecule has 2 aromatic carbocycles. The highest BCUT2D eigenvalue weighted by molar-refractivity contribution is 6.34. The second kappa shape index (κ2) is 6.17. The third kappa shape index (κ3) is 2.94. The lowest BCUT2D eigenvalue weighted by Crippen LogP contribution is -2.34. The molecule has 0 radical (unpaired) electrons. The van der Waals surface area contributed by atoms with Crippen LogP contribution in [0.5, 0.6) is 11.5 Å². The van der Waals surface area contributed by atoms with Crippen molar-refractivity contribution in [3.05, 3.63) is 57.1 Å². The van der Waals surface area contributed by atoms with Crippen molar-refractivity contribution in [1.29, 1.82) is 0 Å². The molecule has 4 rings (SSSR count). The molecule has 0 atom stereocenters. The van der Waals surface area contributed by atoms with Gasteiger partial charge in [-0.2, -0.15) is 0 Å². The first-order chi connectivity index (χ1) is 12.5. The fourth-order valence-electron chi connectivity index (χ4n) is 3.29. The quantitative estimate of drug-likeness (QED) is 0.629. The number of nitro benzene ring substituents is 1. The average Bonchev–Trinajstić information content (AvgIpc) is 3.20. The van der Waals surface area contributed by atoms with Gasteiger partial charge in [-0.15, -0.1) is 0 Å². The zero-order valence-electron chi connectivity index (χ0n) is 13.7. The molecule has 1 saturated carbocycles. The number of nitrogens with zero attached hydrogens (tertiary/aromatic N) is 1. The number of anilines is 1. The third-order valence-corrected chi connectivity index (χ3v) is 4.89. The number of amides is 1. The van der Waals surface area contributed by atoms with E-state index in [0.29, 0.717) is 17.2 Å². The maximum atomic E-state index is 12.5. The molecule has 2 aromatic rings. The second-order valence-electron chi connectivity index (χ2n) is 6.36. The highest BCUT2D eigenvalue weighted by atomic mass is 35.5. The van der Waals surface area contributed by atoms with Gasteiger partial charge in [-0.25, -0.2) is 0 Å². The highest BCUT2D eigenvalue weighted by Gasteiger charge is 2.44. The van der Waals surface area contributed by atoms with Crippen molar-refractivity contribution >= 4 is 28.9 Å². The van der Waals surface area contributed by atoms with Gasteiger partial charge in [0.2, 0.25) is 0 Å². The Morgan fingerprint density at radius 1 is 1.12 bits per heavy atom. The smallest absolute Gasteiger partial charge is 0.270 e. The van der Waals surface area contributed by atoms with E-state index >= 15 is 0 Å². The minimum Gasteiger partial charge on any atom is -0.448 e. The van der Waals surface area contributed by atoms with Gasteiger partial charge in [0.1, 0.15) is 0 Å². The average molecular weight is 375 g/mol. The number of fused-ring (bicyclic) bond motifs is 1. The molecular weight excluding hydrogens is 360 g/mol. The molecule has 1 heterocycles. The molecule has 1 amide bonds. The van der Waals surface area contributed by atoms with Crippen molar-refractivity contribution in [3.63, 3.8) is 0 Å². The van der Waals surface area contributed by atoms with Crippen molar-refractivity contribution < 1.29 is 19.2 Å². The Labute approximate surface area is 154 Å². The van der Waals surface area contributed by atoms with E-state index in [4.69, 9.17) is 21.1 Å². The highest BCUT2D eigenvalue weighted by Crippen LogP contribution is 2.47. The molecule has 2 aliphatic rings. The van der Waals surface area contributed by atoms with Gasteiger partial charge < -0.3 is 14.8 Å². The third-order valence-electron chi connectivity index (χ3n) is 4.56. The number of nitro groups is 1. The lowest BCUT2D eigenvalue weighted by atomic mass is 10.1. The molecule has 0 bridgehead atoms. The molecule has 1 aliphatic heterocycles. The van der Waals surface area contributed by atoms with Crippen molar-refractivity contribution in [2.45, 2.75) is 31.5 Å². The van der Waals surface area contributed by atoms with E-state index in [1.165, 1.54) is 12.1 Å².